The number of rotatable bonds is 7. The van der Waals surface area contributed by atoms with Crippen molar-refractivity contribution in [1.82, 2.24) is 19.7 Å². The Morgan fingerprint density at radius 3 is 2.61 bits per heavy atom. The second-order valence-corrected chi connectivity index (χ2v) is 8.51. The minimum absolute atomic E-state index is 0.177. The molecule has 0 unspecified atom stereocenters. The molecule has 0 aliphatic carbocycles. The standard InChI is InChI=1S/C21H28N4O2S/c1-5-12-25-19(17-6-8-18(27-4)9-7-17)22-23-21(25)28-16(3)20(26)24-13-10-15(2)11-14-24/h5-9,15-16H,1,10-14H2,2-4H3/t16-/m0/s1. The first-order valence-electron chi connectivity index (χ1n) is 9.67. The normalized spacial score (nSPS) is 16.0. The molecule has 150 valence electrons. The fourth-order valence-corrected chi connectivity index (χ4v) is 4.26. The largest absolute Gasteiger partial charge is 0.497 e. The molecule has 1 aromatic heterocycles. The number of carbonyl (C=O) groups excluding carboxylic acids is 1. The Hall–Kier alpha value is -2.28. The number of amides is 1. The van der Waals surface area contributed by atoms with E-state index >= 15 is 0 Å². The second-order valence-electron chi connectivity index (χ2n) is 7.20. The number of hydrogen-bond acceptors (Lipinski definition) is 5. The average Bonchev–Trinajstić information content (AvgIpc) is 3.10. The monoisotopic (exact) mass is 400 g/mol. The lowest BCUT2D eigenvalue weighted by Gasteiger charge is -2.31. The fraction of sp³-hybridized carbons (Fsp3) is 0.476. The van der Waals surface area contributed by atoms with Crippen LogP contribution in [0.25, 0.3) is 11.4 Å². The molecule has 1 atom stereocenters. The maximum absolute atomic E-state index is 12.8. The van der Waals surface area contributed by atoms with Gasteiger partial charge in [-0.05, 0) is 49.9 Å². The smallest absolute Gasteiger partial charge is 0.235 e. The van der Waals surface area contributed by atoms with E-state index in [1.807, 2.05) is 46.7 Å². The van der Waals surface area contributed by atoms with E-state index in [4.69, 9.17) is 4.74 Å². The van der Waals surface area contributed by atoms with Gasteiger partial charge in [0.1, 0.15) is 5.75 Å². The van der Waals surface area contributed by atoms with Gasteiger partial charge in [-0.15, -0.1) is 16.8 Å². The third kappa shape index (κ3) is 4.58. The van der Waals surface area contributed by atoms with Crippen molar-refractivity contribution in [2.75, 3.05) is 20.2 Å². The van der Waals surface area contributed by atoms with Crippen molar-refractivity contribution in [1.29, 1.82) is 0 Å². The Balaban J connectivity index is 1.76. The van der Waals surface area contributed by atoms with E-state index < -0.39 is 0 Å². The van der Waals surface area contributed by atoms with E-state index in [0.29, 0.717) is 12.5 Å². The summed E-state index contributed by atoms with van der Waals surface area (Å²) in [5.41, 5.74) is 0.950. The fourth-order valence-electron chi connectivity index (χ4n) is 3.32. The van der Waals surface area contributed by atoms with Crippen LogP contribution in [0.4, 0.5) is 0 Å². The van der Waals surface area contributed by atoms with Crippen molar-refractivity contribution < 1.29 is 9.53 Å². The van der Waals surface area contributed by atoms with Crippen molar-refractivity contribution >= 4 is 17.7 Å². The van der Waals surface area contributed by atoms with Gasteiger partial charge in [-0.1, -0.05) is 24.8 Å². The maximum Gasteiger partial charge on any atom is 0.235 e. The first kappa shape index (κ1) is 20.5. The number of nitrogens with zero attached hydrogens (tertiary/aromatic N) is 4. The summed E-state index contributed by atoms with van der Waals surface area (Å²) in [4.78, 5) is 14.8. The third-order valence-corrected chi connectivity index (χ3v) is 6.17. The van der Waals surface area contributed by atoms with E-state index in [1.165, 1.54) is 11.8 Å². The molecular weight excluding hydrogens is 372 g/mol. The van der Waals surface area contributed by atoms with Gasteiger partial charge in [0.2, 0.25) is 5.91 Å². The van der Waals surface area contributed by atoms with Crippen molar-refractivity contribution in [3.8, 4) is 17.1 Å². The Morgan fingerprint density at radius 2 is 2.00 bits per heavy atom. The molecule has 28 heavy (non-hydrogen) atoms. The summed E-state index contributed by atoms with van der Waals surface area (Å²) >= 11 is 1.46. The number of likely N-dealkylation sites (tertiary alicyclic amines) is 1. The number of methoxy groups -OCH3 is 1. The van der Waals surface area contributed by atoms with Gasteiger partial charge in [0.05, 0.1) is 12.4 Å². The molecule has 1 fully saturated rings. The lowest BCUT2D eigenvalue weighted by Crippen LogP contribution is -2.41. The summed E-state index contributed by atoms with van der Waals surface area (Å²) in [5, 5.41) is 9.26. The van der Waals surface area contributed by atoms with Gasteiger partial charge in [-0.2, -0.15) is 0 Å². The highest BCUT2D eigenvalue weighted by molar-refractivity contribution is 8.00. The van der Waals surface area contributed by atoms with Crippen LogP contribution < -0.4 is 4.74 Å². The summed E-state index contributed by atoms with van der Waals surface area (Å²) in [5.74, 6) is 2.44. The summed E-state index contributed by atoms with van der Waals surface area (Å²) in [6.07, 6.45) is 3.98. The van der Waals surface area contributed by atoms with Crippen LogP contribution >= 0.6 is 11.8 Å². The number of thioether (sulfide) groups is 1. The number of aromatic nitrogens is 3. The summed E-state index contributed by atoms with van der Waals surface area (Å²) in [7, 11) is 1.64. The van der Waals surface area contributed by atoms with Crippen molar-refractivity contribution in [2.45, 2.75) is 43.6 Å². The Morgan fingerprint density at radius 1 is 1.32 bits per heavy atom. The lowest BCUT2D eigenvalue weighted by atomic mass is 9.99. The molecule has 0 N–H and O–H groups in total. The van der Waals surface area contributed by atoms with Gasteiger partial charge in [0.25, 0.3) is 0 Å². The molecule has 2 heterocycles. The van der Waals surface area contributed by atoms with Crippen LogP contribution in [-0.2, 0) is 11.3 Å². The highest BCUT2D eigenvalue weighted by Gasteiger charge is 2.27. The topological polar surface area (TPSA) is 60.2 Å². The quantitative estimate of drug-likeness (QED) is 0.521. The third-order valence-electron chi connectivity index (χ3n) is 5.10. The van der Waals surface area contributed by atoms with E-state index in [2.05, 4.69) is 23.7 Å². The molecule has 7 heteroatoms. The van der Waals surface area contributed by atoms with E-state index in [1.54, 1.807) is 7.11 Å². The Labute approximate surface area is 171 Å². The molecule has 1 saturated heterocycles. The number of allylic oxidation sites excluding steroid dienone is 1. The van der Waals surface area contributed by atoms with E-state index in [9.17, 15) is 4.79 Å². The van der Waals surface area contributed by atoms with Gasteiger partial charge < -0.3 is 9.64 Å². The molecule has 0 bridgehead atoms. The van der Waals surface area contributed by atoms with Crippen LogP contribution in [0.5, 0.6) is 5.75 Å². The van der Waals surface area contributed by atoms with E-state index in [0.717, 1.165) is 48.2 Å². The first-order chi connectivity index (χ1) is 13.5. The number of benzene rings is 1. The van der Waals surface area contributed by atoms with Crippen LogP contribution in [0.1, 0.15) is 26.7 Å². The zero-order chi connectivity index (χ0) is 20.1. The molecule has 0 spiro atoms. The molecule has 1 aliphatic rings. The molecule has 0 saturated carbocycles. The predicted molar refractivity (Wildman–Crippen MR) is 113 cm³/mol. The summed E-state index contributed by atoms with van der Waals surface area (Å²) < 4.78 is 7.23. The van der Waals surface area contributed by atoms with Gasteiger partial charge in [0, 0.05) is 25.2 Å². The van der Waals surface area contributed by atoms with Crippen LogP contribution in [-0.4, -0.2) is 51.0 Å². The molecule has 3 rings (SSSR count). The second kappa shape index (κ2) is 9.28. The maximum atomic E-state index is 12.8. The lowest BCUT2D eigenvalue weighted by molar-refractivity contribution is -0.131. The molecule has 0 radical (unpaired) electrons. The molecule has 2 aromatic rings. The van der Waals surface area contributed by atoms with Crippen LogP contribution in [0, 0.1) is 5.92 Å². The van der Waals surface area contributed by atoms with Gasteiger partial charge in [-0.3, -0.25) is 9.36 Å². The summed E-state index contributed by atoms with van der Waals surface area (Å²) in [6, 6.07) is 7.72. The average molecular weight is 401 g/mol. The van der Waals surface area contributed by atoms with Crippen molar-refractivity contribution in [3.63, 3.8) is 0 Å². The van der Waals surface area contributed by atoms with Gasteiger partial charge in [0.15, 0.2) is 11.0 Å². The predicted octanol–water partition coefficient (Wildman–Crippen LogP) is 3.88. The summed E-state index contributed by atoms with van der Waals surface area (Å²) in [6.45, 7) is 10.3. The Bertz CT molecular complexity index is 810. The highest BCUT2D eigenvalue weighted by atomic mass is 32.2. The minimum atomic E-state index is -0.204. The van der Waals surface area contributed by atoms with Gasteiger partial charge in [-0.25, -0.2) is 0 Å². The zero-order valence-corrected chi connectivity index (χ0v) is 17.6. The molecular formula is C21H28N4O2S. The minimum Gasteiger partial charge on any atom is -0.497 e. The number of piperidine rings is 1. The van der Waals surface area contributed by atoms with Gasteiger partial charge >= 0.3 is 0 Å². The van der Waals surface area contributed by atoms with Crippen LogP contribution in [0.2, 0.25) is 0 Å². The molecule has 1 aliphatic heterocycles. The number of hydrogen-bond donors (Lipinski definition) is 0. The number of ether oxygens (including phenoxy) is 1. The van der Waals surface area contributed by atoms with Crippen molar-refractivity contribution in [2.24, 2.45) is 5.92 Å². The molecule has 6 nitrogen and oxygen atoms in total. The van der Waals surface area contributed by atoms with Crippen LogP contribution in [0.3, 0.4) is 0 Å². The molecule has 1 aromatic carbocycles. The highest BCUT2D eigenvalue weighted by Crippen LogP contribution is 2.29. The van der Waals surface area contributed by atoms with Crippen LogP contribution in [0.15, 0.2) is 42.1 Å². The zero-order valence-electron chi connectivity index (χ0n) is 16.8. The SMILES string of the molecule is C=CCn1c(S[C@@H](C)C(=O)N2CCC(C)CC2)nnc1-c1ccc(OC)cc1. The van der Waals surface area contributed by atoms with Crippen molar-refractivity contribution in [3.05, 3.63) is 36.9 Å². The first-order valence-corrected chi connectivity index (χ1v) is 10.6. The number of carbonyl (C=O) groups is 1. The van der Waals surface area contributed by atoms with E-state index in [-0.39, 0.29) is 11.2 Å². The molecule has 1 amide bonds. The Kier molecular flexibility index (Phi) is 6.78.